The van der Waals surface area contributed by atoms with E-state index in [1.807, 2.05) is 6.92 Å². The number of imidazole rings is 1. The number of hydrazone groups is 1. The van der Waals surface area contributed by atoms with E-state index in [1.165, 1.54) is 18.3 Å². The molecule has 1 N–H and O–H groups in total. The van der Waals surface area contributed by atoms with Crippen LogP contribution in [0, 0.1) is 17.0 Å². The smallest absolute Gasteiger partial charge is 0.400 e. The molecule has 0 fully saturated rings. The highest BCUT2D eigenvalue weighted by Crippen LogP contribution is 2.14. The fourth-order valence-electron chi connectivity index (χ4n) is 1.78. The van der Waals surface area contributed by atoms with Crippen molar-refractivity contribution < 1.29 is 9.34 Å². The Morgan fingerprint density at radius 3 is 3.14 bits per heavy atom. The third kappa shape index (κ3) is 2.56. The molecule has 0 atom stereocenters. The van der Waals surface area contributed by atoms with Gasteiger partial charge in [0.25, 0.3) is 0 Å². The van der Waals surface area contributed by atoms with E-state index in [4.69, 9.17) is 4.42 Å². The molecule has 0 spiro atoms. The van der Waals surface area contributed by atoms with E-state index in [0.717, 1.165) is 5.69 Å². The van der Waals surface area contributed by atoms with Crippen LogP contribution in [-0.2, 0) is 0 Å². The van der Waals surface area contributed by atoms with Gasteiger partial charge in [-0.15, -0.1) is 0 Å². The summed E-state index contributed by atoms with van der Waals surface area (Å²) in [7, 11) is 0. The number of hydrogen-bond donors (Lipinski definition) is 1. The Hall–Kier alpha value is -3.23. The van der Waals surface area contributed by atoms with E-state index in [-0.39, 0.29) is 11.6 Å². The minimum atomic E-state index is -0.605. The Morgan fingerprint density at radius 2 is 2.38 bits per heavy atom. The predicted molar refractivity (Wildman–Crippen MR) is 74.3 cm³/mol. The second-order valence-corrected chi connectivity index (χ2v) is 4.18. The minimum Gasteiger partial charge on any atom is -0.400 e. The Kier molecular flexibility index (Phi) is 3.07. The molecule has 0 aliphatic heterocycles. The summed E-state index contributed by atoms with van der Waals surface area (Å²) < 4.78 is 6.69. The van der Waals surface area contributed by atoms with Crippen molar-refractivity contribution in [2.45, 2.75) is 6.92 Å². The first-order valence-corrected chi connectivity index (χ1v) is 5.97. The summed E-state index contributed by atoms with van der Waals surface area (Å²) in [6.45, 7) is 1.85. The maximum atomic E-state index is 10.5. The van der Waals surface area contributed by atoms with E-state index in [2.05, 4.69) is 20.5 Å². The Balaban J connectivity index is 1.80. The zero-order chi connectivity index (χ0) is 14.8. The lowest BCUT2D eigenvalue weighted by atomic mass is 10.4. The van der Waals surface area contributed by atoms with Crippen molar-refractivity contribution in [3.63, 3.8) is 0 Å². The van der Waals surface area contributed by atoms with Gasteiger partial charge in [0.1, 0.15) is 10.7 Å². The van der Waals surface area contributed by atoms with Crippen LogP contribution in [0.25, 0.3) is 5.78 Å². The van der Waals surface area contributed by atoms with Crippen LogP contribution in [0.3, 0.4) is 0 Å². The molecule has 9 heteroatoms. The van der Waals surface area contributed by atoms with Gasteiger partial charge in [-0.1, -0.05) is 0 Å². The molecule has 3 aromatic heterocycles. The van der Waals surface area contributed by atoms with Gasteiger partial charge >= 0.3 is 5.88 Å². The molecule has 0 aromatic carbocycles. The van der Waals surface area contributed by atoms with Gasteiger partial charge in [0.15, 0.2) is 5.76 Å². The van der Waals surface area contributed by atoms with Gasteiger partial charge in [-0.2, -0.15) is 5.10 Å². The Labute approximate surface area is 118 Å². The van der Waals surface area contributed by atoms with Crippen LogP contribution >= 0.6 is 0 Å². The number of aryl methyl sites for hydroxylation is 1. The number of aromatic nitrogens is 3. The van der Waals surface area contributed by atoms with Crippen LogP contribution in [-0.4, -0.2) is 25.5 Å². The molecule has 0 aliphatic carbocycles. The molecule has 0 aliphatic rings. The minimum absolute atomic E-state index is 0.279. The first-order chi connectivity index (χ1) is 10.1. The van der Waals surface area contributed by atoms with Crippen LogP contribution in [0.2, 0.25) is 0 Å². The lowest BCUT2D eigenvalue weighted by Crippen LogP contribution is -2.00. The predicted octanol–water partition coefficient (Wildman–Crippen LogP) is 1.98. The van der Waals surface area contributed by atoms with Crippen LogP contribution in [0.15, 0.2) is 40.1 Å². The third-order valence-corrected chi connectivity index (χ3v) is 2.67. The molecule has 0 unspecified atom stereocenters. The van der Waals surface area contributed by atoms with Gasteiger partial charge in [0, 0.05) is 24.2 Å². The highest BCUT2D eigenvalue weighted by atomic mass is 16.6. The number of anilines is 1. The van der Waals surface area contributed by atoms with Gasteiger partial charge in [0.05, 0.1) is 12.3 Å². The molecule has 0 saturated carbocycles. The molecule has 0 saturated heterocycles. The van der Waals surface area contributed by atoms with Crippen LogP contribution in [0.4, 0.5) is 11.7 Å². The van der Waals surface area contributed by atoms with E-state index in [1.54, 1.807) is 22.9 Å². The Bertz CT molecular complexity index is 835. The van der Waals surface area contributed by atoms with Crippen molar-refractivity contribution >= 4 is 23.7 Å². The monoisotopic (exact) mass is 286 g/mol. The molecule has 21 heavy (non-hydrogen) atoms. The van der Waals surface area contributed by atoms with E-state index in [0.29, 0.717) is 11.6 Å². The lowest BCUT2D eigenvalue weighted by molar-refractivity contribution is -0.402. The first-order valence-electron chi connectivity index (χ1n) is 5.97. The number of nitrogens with one attached hydrogen (secondary N) is 1. The largest absolute Gasteiger partial charge is 0.433 e. The zero-order valence-corrected chi connectivity index (χ0v) is 10.9. The van der Waals surface area contributed by atoms with Crippen LogP contribution < -0.4 is 5.43 Å². The summed E-state index contributed by atoms with van der Waals surface area (Å²) in [5.41, 5.74) is 3.62. The molecule has 0 amide bonds. The van der Waals surface area contributed by atoms with Crippen molar-refractivity contribution in [2.24, 2.45) is 5.10 Å². The second kappa shape index (κ2) is 5.04. The topological polar surface area (TPSA) is 111 Å². The standard InChI is InChI=1S/C12H10N6O3/c1-8-6-10(17-5-4-13-12(17)15-8)16-14-7-9-2-3-11(21-9)18(19)20/h2-7,16H,1H3/b14-7+. The molecule has 3 rings (SSSR count). The molecule has 0 radical (unpaired) electrons. The quantitative estimate of drug-likeness (QED) is 0.446. The zero-order valence-electron chi connectivity index (χ0n) is 10.9. The highest BCUT2D eigenvalue weighted by Gasteiger charge is 2.10. The number of furan rings is 1. The highest BCUT2D eigenvalue weighted by molar-refractivity contribution is 5.76. The fourth-order valence-corrected chi connectivity index (χ4v) is 1.78. The summed E-state index contributed by atoms with van der Waals surface area (Å²) in [5, 5.41) is 14.5. The van der Waals surface area contributed by atoms with E-state index in [9.17, 15) is 10.1 Å². The normalized spacial score (nSPS) is 11.3. The number of rotatable bonds is 4. The molecule has 3 heterocycles. The van der Waals surface area contributed by atoms with Gasteiger partial charge in [-0.05, 0) is 13.0 Å². The van der Waals surface area contributed by atoms with Crippen molar-refractivity contribution in [1.29, 1.82) is 0 Å². The van der Waals surface area contributed by atoms with Gasteiger partial charge in [-0.3, -0.25) is 19.9 Å². The summed E-state index contributed by atoms with van der Waals surface area (Å²) in [4.78, 5) is 18.2. The van der Waals surface area contributed by atoms with E-state index < -0.39 is 4.92 Å². The number of nitro groups is 1. The van der Waals surface area contributed by atoms with Gasteiger partial charge < -0.3 is 4.42 Å². The van der Waals surface area contributed by atoms with Crippen molar-refractivity contribution in [3.05, 3.63) is 52.2 Å². The van der Waals surface area contributed by atoms with Gasteiger partial charge in [-0.25, -0.2) is 9.97 Å². The van der Waals surface area contributed by atoms with E-state index >= 15 is 0 Å². The third-order valence-electron chi connectivity index (χ3n) is 2.67. The fraction of sp³-hybridized carbons (Fsp3) is 0.0833. The lowest BCUT2D eigenvalue weighted by Gasteiger charge is -2.04. The number of fused-ring (bicyclic) bond motifs is 1. The average Bonchev–Trinajstić information content (AvgIpc) is 3.06. The molecule has 106 valence electrons. The van der Waals surface area contributed by atoms with Crippen molar-refractivity contribution in [1.82, 2.24) is 14.4 Å². The van der Waals surface area contributed by atoms with Crippen LogP contribution in [0.5, 0.6) is 0 Å². The molecule has 3 aromatic rings. The molecular weight excluding hydrogens is 276 g/mol. The van der Waals surface area contributed by atoms with Crippen molar-refractivity contribution in [3.8, 4) is 0 Å². The van der Waals surface area contributed by atoms with Crippen LogP contribution in [0.1, 0.15) is 11.5 Å². The maximum Gasteiger partial charge on any atom is 0.433 e. The summed E-state index contributed by atoms with van der Waals surface area (Å²) in [6.07, 6.45) is 4.73. The first kappa shape index (κ1) is 12.8. The maximum absolute atomic E-state index is 10.5. The molecule has 0 bridgehead atoms. The number of hydrogen-bond acceptors (Lipinski definition) is 7. The Morgan fingerprint density at radius 1 is 1.52 bits per heavy atom. The molecular formula is C12H10N6O3. The average molecular weight is 286 g/mol. The number of nitrogens with zero attached hydrogens (tertiary/aromatic N) is 5. The van der Waals surface area contributed by atoms with Gasteiger partial charge in [0.2, 0.25) is 5.78 Å². The summed E-state index contributed by atoms with van der Waals surface area (Å²) in [6, 6.07) is 4.54. The van der Waals surface area contributed by atoms with Crippen molar-refractivity contribution in [2.75, 3.05) is 5.43 Å². The summed E-state index contributed by atoms with van der Waals surface area (Å²) >= 11 is 0. The summed E-state index contributed by atoms with van der Waals surface area (Å²) in [5.74, 6) is 1.18. The SMILES string of the molecule is Cc1cc(N/N=C/c2ccc([N+](=O)[O-])o2)n2ccnc2n1. The molecule has 9 nitrogen and oxygen atoms in total. The second-order valence-electron chi connectivity index (χ2n) is 4.18.